The minimum atomic E-state index is -0.916. The van der Waals surface area contributed by atoms with Crippen molar-refractivity contribution in [3.8, 4) is 5.75 Å². The molecular formula is C30H27FN2O4S. The summed E-state index contributed by atoms with van der Waals surface area (Å²) in [4.78, 5) is 32.7. The van der Waals surface area contributed by atoms with Gasteiger partial charge in [-0.05, 0) is 65.9 Å². The molecule has 0 bridgehead atoms. The third-order valence-corrected chi connectivity index (χ3v) is 7.54. The molecule has 1 atom stereocenters. The number of aliphatic hydroxyl groups excluding tert-OH is 1. The lowest BCUT2D eigenvalue weighted by Crippen LogP contribution is -2.29. The number of thiazole rings is 1. The van der Waals surface area contributed by atoms with Crippen LogP contribution in [0.4, 0.5) is 9.52 Å². The smallest absolute Gasteiger partial charge is 0.301 e. The number of nitrogens with zero attached hydrogens (tertiary/aromatic N) is 2. The Morgan fingerprint density at radius 3 is 2.37 bits per heavy atom. The van der Waals surface area contributed by atoms with Gasteiger partial charge in [-0.25, -0.2) is 9.37 Å². The first-order valence-electron chi connectivity index (χ1n) is 12.3. The number of Topliss-reactive ketones (excluding diaryl/α,β-unsaturated/α-hetero) is 1. The Morgan fingerprint density at radius 2 is 1.74 bits per heavy atom. The first kappa shape index (κ1) is 25.6. The molecule has 38 heavy (non-hydrogen) atoms. The minimum absolute atomic E-state index is 0.0342. The Morgan fingerprint density at radius 1 is 1.05 bits per heavy atom. The molecule has 1 saturated heterocycles. The number of anilines is 1. The van der Waals surface area contributed by atoms with Gasteiger partial charge in [0.05, 0.1) is 28.4 Å². The number of aromatic nitrogens is 1. The van der Waals surface area contributed by atoms with Crippen LogP contribution < -0.4 is 9.64 Å². The van der Waals surface area contributed by atoms with Gasteiger partial charge in [0, 0.05) is 5.56 Å². The molecule has 0 unspecified atom stereocenters. The number of fused-ring (bicyclic) bond motifs is 1. The molecule has 4 aromatic rings. The van der Waals surface area contributed by atoms with Crippen LogP contribution in [0.2, 0.25) is 0 Å². The van der Waals surface area contributed by atoms with E-state index in [0.29, 0.717) is 33.7 Å². The second kappa shape index (κ2) is 9.68. The molecule has 2 heterocycles. The molecule has 1 aliphatic heterocycles. The van der Waals surface area contributed by atoms with Gasteiger partial charge in [-0.3, -0.25) is 14.5 Å². The fraction of sp³-hybridized carbons (Fsp3) is 0.233. The first-order chi connectivity index (χ1) is 18.1. The molecule has 1 N–H and O–H groups in total. The predicted molar refractivity (Wildman–Crippen MR) is 147 cm³/mol. The van der Waals surface area contributed by atoms with Gasteiger partial charge in [-0.2, -0.15) is 0 Å². The molecule has 8 heteroatoms. The van der Waals surface area contributed by atoms with Gasteiger partial charge in [-0.15, -0.1) is 0 Å². The van der Waals surface area contributed by atoms with E-state index in [4.69, 9.17) is 4.74 Å². The van der Waals surface area contributed by atoms with E-state index in [1.165, 1.54) is 23.1 Å². The van der Waals surface area contributed by atoms with Gasteiger partial charge in [0.2, 0.25) is 0 Å². The summed E-state index contributed by atoms with van der Waals surface area (Å²) in [6.45, 7) is 8.66. The van der Waals surface area contributed by atoms with E-state index in [9.17, 15) is 19.1 Å². The summed E-state index contributed by atoms with van der Waals surface area (Å²) in [6, 6.07) is 17.6. The molecular weight excluding hydrogens is 503 g/mol. The molecule has 1 fully saturated rings. The first-order valence-corrected chi connectivity index (χ1v) is 13.1. The van der Waals surface area contributed by atoms with E-state index >= 15 is 0 Å². The number of hydrogen-bond donors (Lipinski definition) is 1. The topological polar surface area (TPSA) is 79.7 Å². The Hall–Kier alpha value is -4.04. The Bertz CT molecular complexity index is 1570. The SMILES string of the molecule is CCOc1ccc(/C(O)=C2\C(=O)C(=O)N(c3nc4ccc(F)cc4s3)[C@H]2c2ccc(C(C)(C)C)cc2)cc1. The molecule has 0 radical (unpaired) electrons. The second-order valence-corrected chi connectivity index (χ2v) is 11.1. The van der Waals surface area contributed by atoms with Gasteiger partial charge in [0.1, 0.15) is 17.3 Å². The fourth-order valence-electron chi connectivity index (χ4n) is 4.53. The van der Waals surface area contributed by atoms with Gasteiger partial charge in [0.25, 0.3) is 5.78 Å². The van der Waals surface area contributed by atoms with E-state index in [0.717, 1.165) is 16.9 Å². The predicted octanol–water partition coefficient (Wildman–Crippen LogP) is 6.76. The highest BCUT2D eigenvalue weighted by Crippen LogP contribution is 2.44. The number of halogens is 1. The van der Waals surface area contributed by atoms with Crippen LogP contribution in [-0.4, -0.2) is 28.4 Å². The van der Waals surface area contributed by atoms with Gasteiger partial charge in [-0.1, -0.05) is 56.4 Å². The number of benzene rings is 3. The monoisotopic (exact) mass is 530 g/mol. The lowest BCUT2D eigenvalue weighted by atomic mass is 9.85. The third kappa shape index (κ3) is 4.56. The molecule has 6 nitrogen and oxygen atoms in total. The van der Waals surface area contributed by atoms with E-state index in [1.807, 2.05) is 31.2 Å². The van der Waals surface area contributed by atoms with Gasteiger partial charge in [0.15, 0.2) is 5.13 Å². The molecule has 5 rings (SSSR count). The summed E-state index contributed by atoms with van der Waals surface area (Å²) in [6.07, 6.45) is 0. The van der Waals surface area contributed by atoms with Crippen LogP contribution in [-0.2, 0) is 15.0 Å². The maximum absolute atomic E-state index is 13.9. The highest BCUT2D eigenvalue weighted by Gasteiger charge is 2.48. The summed E-state index contributed by atoms with van der Waals surface area (Å²) in [5, 5.41) is 11.6. The normalized spacial score (nSPS) is 17.4. The van der Waals surface area contributed by atoms with Crippen molar-refractivity contribution >= 4 is 44.1 Å². The van der Waals surface area contributed by atoms with Crippen LogP contribution in [0.5, 0.6) is 5.75 Å². The number of hydrogen-bond acceptors (Lipinski definition) is 6. The number of carbonyl (C=O) groups excluding carboxylic acids is 2. The highest BCUT2D eigenvalue weighted by molar-refractivity contribution is 7.22. The number of carbonyl (C=O) groups is 2. The average molecular weight is 531 g/mol. The van der Waals surface area contributed by atoms with E-state index in [1.54, 1.807) is 24.3 Å². The van der Waals surface area contributed by atoms with Crippen molar-refractivity contribution in [2.24, 2.45) is 0 Å². The zero-order valence-electron chi connectivity index (χ0n) is 21.5. The molecule has 3 aromatic carbocycles. The van der Waals surface area contributed by atoms with Crippen LogP contribution in [0.25, 0.3) is 16.0 Å². The van der Waals surface area contributed by atoms with Crippen molar-refractivity contribution in [2.45, 2.75) is 39.2 Å². The fourth-order valence-corrected chi connectivity index (χ4v) is 5.55. The van der Waals surface area contributed by atoms with Crippen LogP contribution in [0.1, 0.15) is 50.4 Å². The van der Waals surface area contributed by atoms with Crippen molar-refractivity contribution < 1.29 is 23.8 Å². The maximum Gasteiger partial charge on any atom is 0.301 e. The molecule has 0 aliphatic carbocycles. The summed E-state index contributed by atoms with van der Waals surface area (Å²) in [5.74, 6) is -1.69. The lowest BCUT2D eigenvalue weighted by molar-refractivity contribution is -0.132. The van der Waals surface area contributed by atoms with Crippen molar-refractivity contribution in [3.05, 3.63) is 94.8 Å². The number of aliphatic hydroxyl groups is 1. The zero-order valence-corrected chi connectivity index (χ0v) is 22.3. The summed E-state index contributed by atoms with van der Waals surface area (Å²) >= 11 is 1.12. The average Bonchev–Trinajstić information content (AvgIpc) is 3.41. The third-order valence-electron chi connectivity index (χ3n) is 6.52. The zero-order chi connectivity index (χ0) is 27.2. The van der Waals surface area contributed by atoms with Crippen LogP contribution in [0, 0.1) is 5.82 Å². The molecule has 0 spiro atoms. The standard InChI is InChI=1S/C30H27FN2O4S/c1-5-37-21-13-8-18(9-14-21)26(34)24-25(17-6-10-19(11-7-17)30(2,3)4)33(28(36)27(24)35)29-32-22-15-12-20(31)16-23(22)38-29/h6-16,25,34H,5H2,1-4H3/b26-24+/t25-/m0/s1. The summed E-state index contributed by atoms with van der Waals surface area (Å²) in [5.41, 5.74) is 2.50. The van der Waals surface area contributed by atoms with Crippen molar-refractivity contribution in [1.29, 1.82) is 0 Å². The van der Waals surface area contributed by atoms with Crippen LogP contribution >= 0.6 is 11.3 Å². The largest absolute Gasteiger partial charge is 0.507 e. The Labute approximate surface area is 224 Å². The second-order valence-electron chi connectivity index (χ2n) is 10.1. The Balaban J connectivity index is 1.68. The van der Waals surface area contributed by atoms with E-state index in [-0.39, 0.29) is 21.9 Å². The number of ether oxygens (including phenoxy) is 1. The summed E-state index contributed by atoms with van der Waals surface area (Å²) < 4.78 is 19.9. The lowest BCUT2D eigenvalue weighted by Gasteiger charge is -2.24. The van der Waals surface area contributed by atoms with E-state index in [2.05, 4.69) is 25.8 Å². The van der Waals surface area contributed by atoms with Crippen LogP contribution in [0.15, 0.2) is 72.3 Å². The Kier molecular flexibility index (Phi) is 6.53. The van der Waals surface area contributed by atoms with Crippen LogP contribution in [0.3, 0.4) is 0 Å². The minimum Gasteiger partial charge on any atom is -0.507 e. The van der Waals surface area contributed by atoms with Gasteiger partial charge >= 0.3 is 5.91 Å². The molecule has 0 saturated carbocycles. The van der Waals surface area contributed by atoms with E-state index < -0.39 is 23.5 Å². The highest BCUT2D eigenvalue weighted by atomic mass is 32.1. The molecule has 194 valence electrons. The van der Waals surface area contributed by atoms with Gasteiger partial charge < -0.3 is 9.84 Å². The number of ketones is 1. The quantitative estimate of drug-likeness (QED) is 0.175. The van der Waals surface area contributed by atoms with Crippen molar-refractivity contribution in [3.63, 3.8) is 0 Å². The molecule has 1 aromatic heterocycles. The maximum atomic E-state index is 13.9. The van der Waals surface area contributed by atoms with Crippen molar-refractivity contribution in [2.75, 3.05) is 11.5 Å². The number of rotatable bonds is 5. The number of amides is 1. The van der Waals surface area contributed by atoms with Crippen molar-refractivity contribution in [1.82, 2.24) is 4.98 Å². The summed E-state index contributed by atoms with van der Waals surface area (Å²) in [7, 11) is 0. The molecule has 1 amide bonds. The molecule has 1 aliphatic rings.